The topological polar surface area (TPSA) is 78.4 Å². The van der Waals surface area contributed by atoms with Gasteiger partial charge in [-0.15, -0.1) is 0 Å². The van der Waals surface area contributed by atoms with Crippen LogP contribution < -0.4 is 10.6 Å². The van der Waals surface area contributed by atoms with Crippen LogP contribution in [0.3, 0.4) is 0 Å². The number of carbonyl (C=O) groups is 2. The van der Waals surface area contributed by atoms with Crippen molar-refractivity contribution in [3.8, 4) is 0 Å². The summed E-state index contributed by atoms with van der Waals surface area (Å²) in [6.45, 7) is 0.674. The number of halogens is 4. The molecule has 1 saturated heterocycles. The number of hydrogen-bond acceptors (Lipinski definition) is 4. The van der Waals surface area contributed by atoms with E-state index in [1.807, 2.05) is 12.1 Å². The van der Waals surface area contributed by atoms with E-state index in [0.29, 0.717) is 19.0 Å². The Morgan fingerprint density at radius 1 is 1.08 bits per heavy atom. The number of nitrogens with one attached hydrogen (secondary N) is 2. The van der Waals surface area contributed by atoms with Crippen molar-refractivity contribution in [1.29, 1.82) is 0 Å². The van der Waals surface area contributed by atoms with Crippen LogP contribution in [0.4, 0.5) is 17.6 Å². The van der Waals surface area contributed by atoms with E-state index in [4.69, 9.17) is 0 Å². The molecule has 4 rings (SSSR count). The minimum atomic E-state index is -4.56. The van der Waals surface area contributed by atoms with Gasteiger partial charge in [0.25, 0.3) is 0 Å². The Balaban J connectivity index is 1.37. The summed E-state index contributed by atoms with van der Waals surface area (Å²) in [7, 11) is 0. The van der Waals surface area contributed by atoms with Crippen LogP contribution in [0.2, 0.25) is 4.20 Å². The second-order valence-electron chi connectivity index (χ2n) is 9.60. The van der Waals surface area contributed by atoms with Crippen LogP contribution >= 0.6 is 0 Å². The second kappa shape index (κ2) is 11.0. The number of hydrogen-bond donors (Lipinski definition) is 3. The SMILES string of the molecule is O=C(CNC(=O)c1cccc(C(F)(F)F)c1)[AsH][C@@]1(C2CCC(c3ccc(F)cc3)CC2)CNC[C@@H]1O. The zero-order valence-electron chi connectivity index (χ0n) is 19.6. The molecular formula is C26H29AsF4N2O3. The molecule has 1 aliphatic carbocycles. The molecule has 3 atom stereocenters. The van der Waals surface area contributed by atoms with Crippen LogP contribution in [0.25, 0.3) is 0 Å². The van der Waals surface area contributed by atoms with Gasteiger partial charge < -0.3 is 0 Å². The van der Waals surface area contributed by atoms with Gasteiger partial charge in [0.1, 0.15) is 0 Å². The summed E-state index contributed by atoms with van der Waals surface area (Å²) in [5.74, 6) is -0.536. The van der Waals surface area contributed by atoms with Gasteiger partial charge in [-0.2, -0.15) is 0 Å². The van der Waals surface area contributed by atoms with E-state index in [2.05, 4.69) is 10.6 Å². The van der Waals surface area contributed by atoms with E-state index in [1.165, 1.54) is 18.2 Å². The van der Waals surface area contributed by atoms with Gasteiger partial charge in [0.05, 0.1) is 0 Å². The Morgan fingerprint density at radius 3 is 2.39 bits per heavy atom. The van der Waals surface area contributed by atoms with Crippen molar-refractivity contribution in [3.63, 3.8) is 0 Å². The molecule has 1 unspecified atom stereocenters. The molecule has 0 bridgehead atoms. The molecule has 10 heteroatoms. The fourth-order valence-electron chi connectivity index (χ4n) is 5.44. The number of alkyl halides is 3. The summed E-state index contributed by atoms with van der Waals surface area (Å²) in [4.78, 5) is 25.4. The molecule has 0 spiro atoms. The van der Waals surface area contributed by atoms with Crippen LogP contribution in [-0.4, -0.2) is 57.1 Å². The van der Waals surface area contributed by atoms with Crippen molar-refractivity contribution in [3.05, 3.63) is 71.0 Å². The number of benzene rings is 2. The third-order valence-corrected chi connectivity index (χ3v) is 11.2. The summed E-state index contributed by atoms with van der Waals surface area (Å²) in [5, 5.41) is 16.6. The first-order chi connectivity index (χ1) is 17.1. The summed E-state index contributed by atoms with van der Waals surface area (Å²) >= 11 is -1.36. The predicted octanol–water partition coefficient (Wildman–Crippen LogP) is 3.63. The zero-order chi connectivity index (χ0) is 25.9. The summed E-state index contributed by atoms with van der Waals surface area (Å²) < 4.78 is 51.4. The molecule has 194 valence electrons. The molecule has 2 fully saturated rings. The third kappa shape index (κ3) is 6.01. The van der Waals surface area contributed by atoms with Crippen LogP contribution in [0.5, 0.6) is 0 Å². The second-order valence-corrected chi connectivity index (χ2v) is 13.2. The Kier molecular flexibility index (Phi) is 8.22. The summed E-state index contributed by atoms with van der Waals surface area (Å²) in [5.41, 5.74) is 0.0117. The average molecular weight is 568 g/mol. The quantitative estimate of drug-likeness (QED) is 0.352. The van der Waals surface area contributed by atoms with Gasteiger partial charge in [-0.1, -0.05) is 0 Å². The van der Waals surface area contributed by atoms with Gasteiger partial charge in [0, 0.05) is 0 Å². The molecule has 1 saturated carbocycles. The number of aliphatic hydroxyl groups excluding tert-OH is 1. The van der Waals surface area contributed by atoms with Gasteiger partial charge >= 0.3 is 214 Å². The first-order valence-electron chi connectivity index (χ1n) is 12.0. The van der Waals surface area contributed by atoms with E-state index in [0.717, 1.165) is 49.4 Å². The first kappa shape index (κ1) is 26.8. The van der Waals surface area contributed by atoms with Gasteiger partial charge in [0.2, 0.25) is 0 Å². The molecule has 1 heterocycles. The molecule has 2 aliphatic rings. The maximum atomic E-state index is 13.3. The van der Waals surface area contributed by atoms with Crippen LogP contribution in [-0.2, 0) is 11.0 Å². The molecule has 1 aliphatic heterocycles. The molecule has 0 aromatic heterocycles. The number of aliphatic hydroxyl groups is 1. The van der Waals surface area contributed by atoms with Gasteiger partial charge in [-0.3, -0.25) is 0 Å². The molecule has 36 heavy (non-hydrogen) atoms. The van der Waals surface area contributed by atoms with E-state index in [-0.39, 0.29) is 28.4 Å². The number of carbonyl (C=O) groups excluding carboxylic acids is 2. The minimum absolute atomic E-state index is 0.154. The van der Waals surface area contributed by atoms with Crippen molar-refractivity contribution in [2.75, 3.05) is 19.6 Å². The molecule has 0 radical (unpaired) electrons. The Morgan fingerprint density at radius 2 is 1.78 bits per heavy atom. The van der Waals surface area contributed by atoms with Crippen LogP contribution in [0.15, 0.2) is 48.5 Å². The zero-order valence-corrected chi connectivity index (χ0v) is 21.7. The molecule has 3 N–H and O–H groups in total. The molecule has 2 aromatic rings. The number of rotatable bonds is 7. The first-order valence-corrected chi connectivity index (χ1v) is 14.1. The van der Waals surface area contributed by atoms with E-state index >= 15 is 0 Å². The van der Waals surface area contributed by atoms with E-state index in [1.54, 1.807) is 0 Å². The fraction of sp³-hybridized carbons (Fsp3) is 0.462. The Bertz CT molecular complexity index is 1090. The van der Waals surface area contributed by atoms with Crippen LogP contribution in [0.1, 0.15) is 53.1 Å². The number of amides is 1. The Labute approximate surface area is 213 Å². The van der Waals surface area contributed by atoms with Crippen molar-refractivity contribution in [2.24, 2.45) is 5.92 Å². The van der Waals surface area contributed by atoms with Gasteiger partial charge in [0.15, 0.2) is 0 Å². The van der Waals surface area contributed by atoms with Crippen molar-refractivity contribution in [1.82, 2.24) is 10.6 Å². The van der Waals surface area contributed by atoms with Gasteiger partial charge in [-0.05, 0) is 0 Å². The molecule has 1 amide bonds. The number of β-amino-alcohol motifs (C(OH)–C–C–N with tert-alkyl or cyclic N) is 1. The monoisotopic (exact) mass is 568 g/mol. The van der Waals surface area contributed by atoms with Crippen molar-refractivity contribution in [2.45, 2.75) is 48.1 Å². The summed E-state index contributed by atoms with van der Waals surface area (Å²) in [6.07, 6.45) is -1.77. The molecular weight excluding hydrogens is 539 g/mol. The van der Waals surface area contributed by atoms with Crippen molar-refractivity contribution >= 4 is 26.2 Å². The maximum absolute atomic E-state index is 13.3. The predicted molar refractivity (Wildman–Crippen MR) is 129 cm³/mol. The van der Waals surface area contributed by atoms with Crippen LogP contribution in [0, 0.1) is 11.7 Å². The third-order valence-electron chi connectivity index (χ3n) is 7.38. The standard InChI is InChI=1S/C26H29AsF4N2O3/c28-21-10-6-17(7-11-21)16-4-8-19(9-5-16)25(15-32-13-22(25)34)27-23(35)14-33-24(36)18-2-1-3-20(12-18)26(29,30)31/h1-3,6-7,10-12,16,19,22,27,32,34H,4-5,8-9,13-15H2,(H,33,36)/t16?,19?,22-,25+/m0/s1. The molecule has 2 aromatic carbocycles. The molecule has 5 nitrogen and oxygen atoms in total. The fourth-order valence-corrected chi connectivity index (χ4v) is 8.95. The van der Waals surface area contributed by atoms with E-state index in [9.17, 15) is 32.3 Å². The Hall–Kier alpha value is -2.22. The van der Waals surface area contributed by atoms with Gasteiger partial charge in [-0.25, -0.2) is 0 Å². The normalized spacial score (nSPS) is 26.9. The van der Waals surface area contributed by atoms with Crippen molar-refractivity contribution < 1.29 is 32.3 Å². The average Bonchev–Trinajstić information content (AvgIpc) is 3.23. The summed E-state index contributed by atoms with van der Waals surface area (Å²) in [6, 6.07) is 10.6. The van der Waals surface area contributed by atoms with E-state index < -0.39 is 43.7 Å².